The van der Waals surface area contributed by atoms with E-state index in [-0.39, 0.29) is 17.8 Å². The molecule has 0 amide bonds. The van der Waals surface area contributed by atoms with Gasteiger partial charge >= 0.3 is 5.97 Å². The van der Waals surface area contributed by atoms with Crippen LogP contribution in [0.5, 0.6) is 0 Å². The second-order valence-electron chi connectivity index (χ2n) is 3.85. The van der Waals surface area contributed by atoms with Crippen molar-refractivity contribution in [1.29, 1.82) is 0 Å². The molecular weight excluding hydrogens is 319 g/mol. The van der Waals surface area contributed by atoms with Crippen LogP contribution in [0.4, 0.5) is 4.39 Å². The van der Waals surface area contributed by atoms with Gasteiger partial charge in [-0.05, 0) is 35.0 Å². The molecule has 19 heavy (non-hydrogen) atoms. The third-order valence-corrected chi connectivity index (χ3v) is 2.96. The van der Waals surface area contributed by atoms with E-state index < -0.39 is 11.8 Å². The van der Waals surface area contributed by atoms with Gasteiger partial charge in [-0.1, -0.05) is 15.9 Å². The van der Waals surface area contributed by atoms with Crippen molar-refractivity contribution in [2.45, 2.75) is 19.4 Å². The molecule has 1 N–H and O–H groups in total. The van der Waals surface area contributed by atoms with E-state index in [1.165, 1.54) is 10.7 Å². The molecule has 2 aromatic rings. The number of benzene rings is 1. The number of nitrogens with zero attached hydrogens (tertiary/aromatic N) is 4. The van der Waals surface area contributed by atoms with E-state index in [9.17, 15) is 9.18 Å². The van der Waals surface area contributed by atoms with E-state index in [0.717, 1.165) is 0 Å². The van der Waals surface area contributed by atoms with Gasteiger partial charge in [-0.2, -0.15) is 0 Å². The fourth-order valence-corrected chi connectivity index (χ4v) is 1.96. The highest BCUT2D eigenvalue weighted by Gasteiger charge is 2.14. The molecule has 100 valence electrons. The lowest BCUT2D eigenvalue weighted by atomic mass is 10.2. The number of aromatic nitrogens is 4. The van der Waals surface area contributed by atoms with Gasteiger partial charge in [-0.25, -0.2) is 9.07 Å². The summed E-state index contributed by atoms with van der Waals surface area (Å²) in [5.41, 5.74) is 0.273. The highest BCUT2D eigenvalue weighted by atomic mass is 79.9. The van der Waals surface area contributed by atoms with Gasteiger partial charge < -0.3 is 5.11 Å². The highest BCUT2D eigenvalue weighted by molar-refractivity contribution is 9.10. The normalized spacial score (nSPS) is 10.6. The zero-order valence-corrected chi connectivity index (χ0v) is 11.3. The van der Waals surface area contributed by atoms with Gasteiger partial charge in [0.25, 0.3) is 0 Å². The maximum Gasteiger partial charge on any atom is 0.303 e. The standard InChI is InChI=1S/C11H10BrFN4O2/c12-7-3-4-9(13)8(6-7)11-14-15-16-17(11)5-1-2-10(18)19/h3-4,6H,1-2,5H2,(H,18,19). The number of rotatable bonds is 5. The van der Waals surface area contributed by atoms with Crippen LogP contribution in [0.15, 0.2) is 22.7 Å². The molecule has 1 aromatic carbocycles. The van der Waals surface area contributed by atoms with Crippen molar-refractivity contribution in [2.24, 2.45) is 0 Å². The Morgan fingerprint density at radius 1 is 1.47 bits per heavy atom. The molecule has 0 atom stereocenters. The molecule has 6 nitrogen and oxygen atoms in total. The monoisotopic (exact) mass is 328 g/mol. The molecule has 1 heterocycles. The smallest absolute Gasteiger partial charge is 0.303 e. The molecule has 1 aromatic heterocycles. The summed E-state index contributed by atoms with van der Waals surface area (Å²) in [7, 11) is 0. The Labute approximate surface area is 116 Å². The Kier molecular flexibility index (Phi) is 4.20. The number of carbonyl (C=O) groups is 1. The lowest BCUT2D eigenvalue weighted by molar-refractivity contribution is -0.137. The minimum atomic E-state index is -0.886. The second kappa shape index (κ2) is 5.87. The summed E-state index contributed by atoms with van der Waals surface area (Å²) in [6.07, 6.45) is 0.392. The Bertz CT molecular complexity index is 602. The SMILES string of the molecule is O=C(O)CCCn1nnnc1-c1cc(Br)ccc1F. The van der Waals surface area contributed by atoms with Gasteiger partial charge in [0.1, 0.15) is 5.82 Å². The molecule has 0 unspecified atom stereocenters. The molecule has 0 saturated carbocycles. The predicted octanol–water partition coefficient (Wildman–Crippen LogP) is 2.11. The summed E-state index contributed by atoms with van der Waals surface area (Å²) < 4.78 is 15.8. The Morgan fingerprint density at radius 3 is 3.00 bits per heavy atom. The van der Waals surface area contributed by atoms with Crippen molar-refractivity contribution in [3.05, 3.63) is 28.5 Å². The highest BCUT2D eigenvalue weighted by Crippen LogP contribution is 2.24. The van der Waals surface area contributed by atoms with Gasteiger partial charge in [0.05, 0.1) is 5.56 Å². The summed E-state index contributed by atoms with van der Waals surface area (Å²) in [6, 6.07) is 4.47. The fourth-order valence-electron chi connectivity index (χ4n) is 1.60. The molecular formula is C11H10BrFN4O2. The topological polar surface area (TPSA) is 80.9 Å². The molecule has 0 spiro atoms. The number of aryl methyl sites for hydroxylation is 1. The van der Waals surface area contributed by atoms with Crippen LogP contribution >= 0.6 is 15.9 Å². The van der Waals surface area contributed by atoms with Crippen molar-refractivity contribution in [1.82, 2.24) is 20.2 Å². The van der Waals surface area contributed by atoms with Crippen LogP contribution in [0.25, 0.3) is 11.4 Å². The molecule has 0 radical (unpaired) electrons. The molecule has 0 bridgehead atoms. The first-order valence-corrected chi connectivity index (χ1v) is 6.30. The van der Waals surface area contributed by atoms with Crippen LogP contribution in [0, 0.1) is 5.82 Å². The zero-order valence-electron chi connectivity index (χ0n) is 9.75. The van der Waals surface area contributed by atoms with E-state index in [1.807, 2.05) is 0 Å². The number of hydrogen-bond donors (Lipinski definition) is 1. The van der Waals surface area contributed by atoms with Crippen molar-refractivity contribution in [3.63, 3.8) is 0 Å². The first kappa shape index (κ1) is 13.6. The van der Waals surface area contributed by atoms with Gasteiger partial charge in [0.15, 0.2) is 5.82 Å². The number of aliphatic carboxylic acids is 1. The van der Waals surface area contributed by atoms with E-state index in [4.69, 9.17) is 5.11 Å². The van der Waals surface area contributed by atoms with E-state index in [1.54, 1.807) is 12.1 Å². The number of tetrazole rings is 1. The summed E-state index contributed by atoms with van der Waals surface area (Å²) in [5, 5.41) is 19.6. The lowest BCUT2D eigenvalue weighted by Gasteiger charge is -2.05. The molecule has 0 fully saturated rings. The Hall–Kier alpha value is -1.83. The number of hydrogen-bond acceptors (Lipinski definition) is 4. The van der Waals surface area contributed by atoms with Crippen molar-refractivity contribution >= 4 is 21.9 Å². The average Bonchev–Trinajstić information content (AvgIpc) is 2.80. The van der Waals surface area contributed by atoms with Crippen molar-refractivity contribution < 1.29 is 14.3 Å². The predicted molar refractivity (Wildman–Crippen MR) is 67.8 cm³/mol. The Balaban J connectivity index is 2.23. The van der Waals surface area contributed by atoms with Gasteiger partial charge in [0.2, 0.25) is 0 Å². The van der Waals surface area contributed by atoms with Crippen LogP contribution < -0.4 is 0 Å². The Morgan fingerprint density at radius 2 is 2.26 bits per heavy atom. The summed E-state index contributed by atoms with van der Waals surface area (Å²) >= 11 is 3.26. The van der Waals surface area contributed by atoms with E-state index in [2.05, 4.69) is 31.5 Å². The minimum Gasteiger partial charge on any atom is -0.481 e. The minimum absolute atomic E-state index is 0.0142. The fraction of sp³-hybridized carbons (Fsp3) is 0.273. The van der Waals surface area contributed by atoms with Crippen LogP contribution in [-0.2, 0) is 11.3 Å². The number of halogens is 2. The summed E-state index contributed by atoms with van der Waals surface area (Å²) in [6.45, 7) is 0.320. The third kappa shape index (κ3) is 3.34. The van der Waals surface area contributed by atoms with Gasteiger partial charge in [-0.3, -0.25) is 4.79 Å². The number of carboxylic acid groups (broad SMARTS) is 1. The zero-order chi connectivity index (χ0) is 13.8. The first-order valence-electron chi connectivity index (χ1n) is 5.51. The maximum atomic E-state index is 13.7. The quantitative estimate of drug-likeness (QED) is 0.909. The molecule has 0 aliphatic rings. The van der Waals surface area contributed by atoms with Crippen molar-refractivity contribution in [2.75, 3.05) is 0 Å². The van der Waals surface area contributed by atoms with Crippen LogP contribution in [-0.4, -0.2) is 31.3 Å². The van der Waals surface area contributed by atoms with E-state index >= 15 is 0 Å². The molecule has 0 aliphatic carbocycles. The second-order valence-corrected chi connectivity index (χ2v) is 4.76. The van der Waals surface area contributed by atoms with Crippen LogP contribution in [0.3, 0.4) is 0 Å². The van der Waals surface area contributed by atoms with Crippen LogP contribution in [0.2, 0.25) is 0 Å². The largest absolute Gasteiger partial charge is 0.481 e. The maximum absolute atomic E-state index is 13.7. The first-order chi connectivity index (χ1) is 9.08. The molecule has 0 aliphatic heterocycles. The van der Waals surface area contributed by atoms with Crippen molar-refractivity contribution in [3.8, 4) is 11.4 Å². The summed E-state index contributed by atoms with van der Waals surface area (Å²) in [4.78, 5) is 10.5. The van der Waals surface area contributed by atoms with Gasteiger partial charge in [0, 0.05) is 17.4 Å². The van der Waals surface area contributed by atoms with E-state index in [0.29, 0.717) is 17.4 Å². The molecule has 8 heteroatoms. The van der Waals surface area contributed by atoms with Gasteiger partial charge in [-0.15, -0.1) is 5.10 Å². The van der Waals surface area contributed by atoms with Crippen LogP contribution in [0.1, 0.15) is 12.8 Å². The summed E-state index contributed by atoms with van der Waals surface area (Å²) in [5.74, 6) is -1.04. The molecule has 2 rings (SSSR count). The lowest BCUT2D eigenvalue weighted by Crippen LogP contribution is -2.06. The number of carboxylic acids is 1. The average molecular weight is 329 g/mol. The third-order valence-electron chi connectivity index (χ3n) is 2.46. The molecule has 0 saturated heterocycles.